The van der Waals surface area contributed by atoms with E-state index in [1.165, 1.54) is 27.7 Å². The van der Waals surface area contributed by atoms with Gasteiger partial charge in [-0.3, -0.25) is 24.0 Å². The van der Waals surface area contributed by atoms with Gasteiger partial charge in [0.15, 0.2) is 0 Å². The zero-order valence-corrected chi connectivity index (χ0v) is 30.2. The Labute approximate surface area is 283 Å². The first-order valence-electron chi connectivity index (χ1n) is 17.4. The Hall–Kier alpha value is -2.73. The van der Waals surface area contributed by atoms with E-state index < -0.39 is 94.0 Å². The maximum absolute atomic E-state index is 13.6. The van der Waals surface area contributed by atoms with Gasteiger partial charge in [0.05, 0.1) is 23.7 Å². The van der Waals surface area contributed by atoms with Crippen LogP contribution in [0.3, 0.4) is 0 Å². The molecule has 1 aliphatic heterocycles. The third-order valence-corrected chi connectivity index (χ3v) is 12.9. The summed E-state index contributed by atoms with van der Waals surface area (Å²) < 4.78 is 28.8. The molecule has 0 unspecified atom stereocenters. The summed E-state index contributed by atoms with van der Waals surface area (Å²) in [5.74, 6) is -4.98. The number of carbonyl (C=O) groups excluding carboxylic acids is 5. The molecule has 4 rings (SSSR count). The summed E-state index contributed by atoms with van der Waals surface area (Å²) in [5.41, 5.74) is -3.95. The van der Waals surface area contributed by atoms with Gasteiger partial charge in [0.25, 0.3) is 0 Å². The number of fused-ring (bicyclic) bond motifs is 5. The van der Waals surface area contributed by atoms with Gasteiger partial charge >= 0.3 is 29.8 Å². The van der Waals surface area contributed by atoms with Crippen molar-refractivity contribution in [3.05, 3.63) is 0 Å². The number of cyclic esters (lactones) is 1. The topological polar surface area (TPSA) is 172 Å². The molecule has 13 atom stereocenters. The molecule has 12 nitrogen and oxygen atoms in total. The first kappa shape index (κ1) is 38.1. The molecule has 0 radical (unpaired) electrons. The number of esters is 5. The van der Waals surface area contributed by atoms with Crippen molar-refractivity contribution in [1.29, 1.82) is 0 Å². The Kier molecular flexibility index (Phi) is 10.7. The second-order valence-electron chi connectivity index (χ2n) is 16.1. The average molecular weight is 681 g/mol. The standard InChI is InChI=1S/C36H56O12/c1-18(30(47-22(5)39)31(48-23(6)40)19(2)33(7,8)42)24-12-14-36(43)27-17-44-32(41)26-15-28(45-20(3)37)29(46-21(4)38)16-34(26,9)25(27)11-13-35(24,36)10/h18-19,24-31,42-43H,11-17H2,1-10H3/t18-,19-,24+,25-,26+,27+,28-,29+,30+,31+,34+,35+,36+/m0/s1. The molecule has 0 amide bonds. The normalized spacial score (nSPS) is 38.7. The van der Waals surface area contributed by atoms with E-state index in [1.54, 1.807) is 20.8 Å². The summed E-state index contributed by atoms with van der Waals surface area (Å²) in [7, 11) is 0. The number of hydrogen-bond acceptors (Lipinski definition) is 12. The van der Waals surface area contributed by atoms with E-state index in [1.807, 2.05) is 20.8 Å². The summed E-state index contributed by atoms with van der Waals surface area (Å²) in [4.78, 5) is 62.5. The van der Waals surface area contributed by atoms with Gasteiger partial charge in [0, 0.05) is 51.9 Å². The van der Waals surface area contributed by atoms with Crippen molar-refractivity contribution >= 4 is 29.8 Å². The predicted molar refractivity (Wildman–Crippen MR) is 171 cm³/mol. The van der Waals surface area contributed by atoms with Gasteiger partial charge in [0.1, 0.15) is 24.4 Å². The summed E-state index contributed by atoms with van der Waals surface area (Å²) in [6, 6.07) is 0. The zero-order chi connectivity index (χ0) is 36.1. The van der Waals surface area contributed by atoms with Gasteiger partial charge in [-0.05, 0) is 68.6 Å². The predicted octanol–water partition coefficient (Wildman–Crippen LogP) is 3.90. The van der Waals surface area contributed by atoms with Gasteiger partial charge in [-0.2, -0.15) is 0 Å². The van der Waals surface area contributed by atoms with Crippen LogP contribution in [0.2, 0.25) is 0 Å². The number of rotatable bonds is 9. The molecule has 0 bridgehead atoms. The average Bonchev–Trinajstić information content (AvgIpc) is 3.17. The van der Waals surface area contributed by atoms with Crippen LogP contribution >= 0.6 is 0 Å². The van der Waals surface area contributed by atoms with Gasteiger partial charge < -0.3 is 33.9 Å². The number of aliphatic hydroxyl groups is 2. The van der Waals surface area contributed by atoms with Gasteiger partial charge in [-0.1, -0.05) is 27.7 Å². The van der Waals surface area contributed by atoms with Crippen molar-refractivity contribution < 1.29 is 57.9 Å². The van der Waals surface area contributed by atoms with E-state index in [2.05, 4.69) is 0 Å². The van der Waals surface area contributed by atoms with Crippen molar-refractivity contribution in [2.45, 2.75) is 143 Å². The minimum Gasteiger partial charge on any atom is -0.465 e. The largest absolute Gasteiger partial charge is 0.465 e. The van der Waals surface area contributed by atoms with Crippen LogP contribution in [0, 0.1) is 46.3 Å². The molecule has 3 saturated carbocycles. The van der Waals surface area contributed by atoms with Crippen LogP contribution in [0.15, 0.2) is 0 Å². The zero-order valence-electron chi connectivity index (χ0n) is 30.2. The Morgan fingerprint density at radius 1 is 0.854 bits per heavy atom. The fraction of sp³-hybridized carbons (Fsp3) is 0.861. The third kappa shape index (κ3) is 6.85. The van der Waals surface area contributed by atoms with Crippen LogP contribution in [0.4, 0.5) is 0 Å². The molecule has 272 valence electrons. The molecule has 2 N–H and O–H groups in total. The lowest BCUT2D eigenvalue weighted by molar-refractivity contribution is -0.212. The van der Waals surface area contributed by atoms with E-state index in [0.717, 1.165) is 0 Å². The van der Waals surface area contributed by atoms with Crippen molar-refractivity contribution in [2.75, 3.05) is 6.61 Å². The maximum Gasteiger partial charge on any atom is 0.309 e. The van der Waals surface area contributed by atoms with Crippen LogP contribution in [0.5, 0.6) is 0 Å². The molecule has 0 aromatic heterocycles. The Balaban J connectivity index is 1.71. The monoisotopic (exact) mass is 680 g/mol. The highest BCUT2D eigenvalue weighted by atomic mass is 16.6. The second-order valence-corrected chi connectivity index (χ2v) is 16.1. The number of ether oxygens (including phenoxy) is 5. The molecule has 0 spiro atoms. The molecule has 4 aliphatic rings. The lowest BCUT2D eigenvalue weighted by Crippen LogP contribution is -2.62. The molecule has 1 heterocycles. The summed E-state index contributed by atoms with van der Waals surface area (Å²) in [6.07, 6.45) is -0.747. The van der Waals surface area contributed by atoms with E-state index in [4.69, 9.17) is 23.7 Å². The van der Waals surface area contributed by atoms with Gasteiger partial charge in [0.2, 0.25) is 0 Å². The van der Waals surface area contributed by atoms with Crippen molar-refractivity contribution in [3.63, 3.8) is 0 Å². The van der Waals surface area contributed by atoms with Crippen LogP contribution < -0.4 is 0 Å². The minimum absolute atomic E-state index is 0.0123. The molecule has 12 heteroatoms. The van der Waals surface area contributed by atoms with Crippen LogP contribution in [-0.2, 0) is 47.7 Å². The highest BCUT2D eigenvalue weighted by Crippen LogP contribution is 2.68. The van der Waals surface area contributed by atoms with E-state index in [-0.39, 0.29) is 37.2 Å². The van der Waals surface area contributed by atoms with Crippen LogP contribution in [0.1, 0.15) is 108 Å². The molecule has 3 aliphatic carbocycles. The van der Waals surface area contributed by atoms with Crippen LogP contribution in [-0.4, -0.2) is 82.3 Å². The molecule has 0 aromatic rings. The Morgan fingerprint density at radius 3 is 1.96 bits per heavy atom. The molecule has 4 fully saturated rings. The fourth-order valence-corrected chi connectivity index (χ4v) is 10.2. The lowest BCUT2D eigenvalue weighted by Gasteiger charge is -2.59. The lowest BCUT2D eigenvalue weighted by atomic mass is 9.47. The molecular formula is C36H56O12. The maximum atomic E-state index is 13.6. The van der Waals surface area contributed by atoms with E-state index in [9.17, 15) is 34.2 Å². The minimum atomic E-state index is -1.27. The SMILES string of the molecule is CC(=O)O[C@H]([C@@H](C)[C@H]1CC[C@@]2(O)[C@@H]3COC(=O)[C@H]4C[C@H](OC(C)=O)[C@H](OC(C)=O)C[C@]4(C)[C@H]3CC[C@]12C)[C@H](OC(C)=O)[C@H](C)C(C)(C)O. The van der Waals surface area contributed by atoms with E-state index in [0.29, 0.717) is 25.7 Å². The highest BCUT2D eigenvalue weighted by molar-refractivity contribution is 5.75. The second kappa shape index (κ2) is 13.5. The third-order valence-electron chi connectivity index (χ3n) is 12.9. The first-order valence-corrected chi connectivity index (χ1v) is 17.4. The molecule has 0 aromatic carbocycles. The quantitative estimate of drug-likeness (QED) is 0.266. The smallest absolute Gasteiger partial charge is 0.309 e. The Bertz CT molecular complexity index is 1270. The van der Waals surface area contributed by atoms with Crippen molar-refractivity contribution in [3.8, 4) is 0 Å². The van der Waals surface area contributed by atoms with E-state index >= 15 is 0 Å². The molecule has 48 heavy (non-hydrogen) atoms. The number of hydrogen-bond donors (Lipinski definition) is 2. The van der Waals surface area contributed by atoms with Crippen molar-refractivity contribution in [1.82, 2.24) is 0 Å². The summed E-state index contributed by atoms with van der Waals surface area (Å²) in [5, 5.41) is 23.8. The summed E-state index contributed by atoms with van der Waals surface area (Å²) in [6.45, 7) is 16.2. The van der Waals surface area contributed by atoms with Crippen LogP contribution in [0.25, 0.3) is 0 Å². The van der Waals surface area contributed by atoms with Crippen molar-refractivity contribution in [2.24, 2.45) is 46.3 Å². The molecular weight excluding hydrogens is 624 g/mol. The van der Waals surface area contributed by atoms with Gasteiger partial charge in [-0.25, -0.2) is 0 Å². The summed E-state index contributed by atoms with van der Waals surface area (Å²) >= 11 is 0. The molecule has 1 saturated heterocycles. The Morgan fingerprint density at radius 2 is 1.42 bits per heavy atom. The van der Waals surface area contributed by atoms with Gasteiger partial charge in [-0.15, -0.1) is 0 Å². The fourth-order valence-electron chi connectivity index (χ4n) is 10.2. The highest BCUT2D eigenvalue weighted by Gasteiger charge is 2.70. The first-order chi connectivity index (χ1) is 22.1. The number of carbonyl (C=O) groups is 5.